The molecule has 168 valence electrons. The van der Waals surface area contributed by atoms with E-state index in [0.717, 1.165) is 38.3 Å². The van der Waals surface area contributed by atoms with Crippen molar-refractivity contribution in [3.8, 4) is 33.2 Å². The number of anilines is 1. The lowest BCUT2D eigenvalue weighted by molar-refractivity contribution is -0.0339. The monoisotopic (exact) mass is 454 g/mol. The largest absolute Gasteiger partial charge is 0.497 e. The molecule has 1 aromatic heterocycles. The summed E-state index contributed by atoms with van der Waals surface area (Å²) in [7, 11) is 4.65. The van der Waals surface area contributed by atoms with Crippen molar-refractivity contribution >= 4 is 22.5 Å². The van der Waals surface area contributed by atoms with Crippen molar-refractivity contribution in [3.63, 3.8) is 0 Å². The maximum absolute atomic E-state index is 12.0. The number of amides is 2. The molecule has 8 nitrogen and oxygen atoms in total. The molecule has 0 unspecified atom stereocenters. The van der Waals surface area contributed by atoms with E-state index in [1.165, 1.54) is 7.05 Å². The van der Waals surface area contributed by atoms with Crippen LogP contribution >= 0.6 is 11.3 Å². The van der Waals surface area contributed by atoms with Gasteiger partial charge in [0, 0.05) is 38.8 Å². The van der Waals surface area contributed by atoms with Crippen LogP contribution in [0, 0.1) is 0 Å². The van der Waals surface area contributed by atoms with Crippen LogP contribution in [0.3, 0.4) is 0 Å². The van der Waals surface area contributed by atoms with Gasteiger partial charge in [-0.2, -0.15) is 0 Å². The lowest BCUT2D eigenvalue weighted by atomic mass is 10.1. The zero-order valence-corrected chi connectivity index (χ0v) is 19.1. The Balaban J connectivity index is 1.65. The minimum atomic E-state index is -0.387. The molecule has 1 N–H and O–H groups in total. The molecular formula is C23H26N4O4S. The highest BCUT2D eigenvalue weighted by Crippen LogP contribution is 2.41. The second kappa shape index (κ2) is 9.46. The van der Waals surface area contributed by atoms with Crippen LogP contribution < -0.4 is 14.4 Å². The summed E-state index contributed by atoms with van der Waals surface area (Å²) in [6.45, 7) is 2.35. The number of nitrogens with zero attached hydrogens (tertiary/aromatic N) is 4. The first-order chi connectivity index (χ1) is 15.5. The van der Waals surface area contributed by atoms with E-state index >= 15 is 0 Å². The van der Waals surface area contributed by atoms with Crippen LogP contribution in [0.5, 0.6) is 11.5 Å². The third-order valence-corrected chi connectivity index (χ3v) is 6.59. The van der Waals surface area contributed by atoms with Crippen LogP contribution in [0.15, 0.2) is 48.5 Å². The number of ether oxygens (including phenoxy) is 2. The Hall–Kier alpha value is -3.30. The lowest BCUT2D eigenvalue weighted by Crippen LogP contribution is -2.51. The van der Waals surface area contributed by atoms with E-state index in [1.54, 1.807) is 30.5 Å². The molecule has 1 saturated heterocycles. The summed E-state index contributed by atoms with van der Waals surface area (Å²) in [5.41, 5.74) is 2.98. The summed E-state index contributed by atoms with van der Waals surface area (Å²) in [4.78, 5) is 21.9. The minimum absolute atomic E-state index is 0.387. The second-order valence-corrected chi connectivity index (χ2v) is 8.39. The number of hydrogen-bond acceptors (Lipinski definition) is 7. The highest BCUT2D eigenvalue weighted by Gasteiger charge is 2.26. The van der Waals surface area contributed by atoms with Gasteiger partial charge in [0.1, 0.15) is 11.5 Å². The van der Waals surface area contributed by atoms with Crippen molar-refractivity contribution in [2.45, 2.75) is 0 Å². The van der Waals surface area contributed by atoms with Crippen LogP contribution in [0.2, 0.25) is 0 Å². The Morgan fingerprint density at radius 2 is 1.47 bits per heavy atom. The third kappa shape index (κ3) is 4.49. The van der Waals surface area contributed by atoms with Gasteiger partial charge in [0.15, 0.2) is 5.13 Å². The van der Waals surface area contributed by atoms with Gasteiger partial charge in [-0.25, -0.2) is 14.8 Å². The number of piperazine rings is 1. The summed E-state index contributed by atoms with van der Waals surface area (Å²) >= 11 is 1.63. The highest BCUT2D eigenvalue weighted by atomic mass is 32.1. The Bertz CT molecular complexity index is 994. The van der Waals surface area contributed by atoms with Gasteiger partial charge in [-0.15, -0.1) is 0 Å². The normalized spacial score (nSPS) is 13.8. The number of aromatic nitrogens is 1. The predicted octanol–water partition coefficient (Wildman–Crippen LogP) is 4.06. The van der Waals surface area contributed by atoms with Crippen molar-refractivity contribution in [1.29, 1.82) is 0 Å². The summed E-state index contributed by atoms with van der Waals surface area (Å²) in [6, 6.07) is 15.5. The van der Waals surface area contributed by atoms with Gasteiger partial charge in [0.2, 0.25) is 0 Å². The Kier molecular flexibility index (Phi) is 6.48. The molecule has 0 saturated carbocycles. The zero-order valence-electron chi connectivity index (χ0n) is 18.3. The van der Waals surface area contributed by atoms with Crippen molar-refractivity contribution in [2.75, 3.05) is 52.3 Å². The molecule has 9 heteroatoms. The number of carbonyl (C=O) groups is 1. The summed E-state index contributed by atoms with van der Waals surface area (Å²) in [6.07, 6.45) is 0. The maximum atomic E-state index is 12.0. The van der Waals surface area contributed by atoms with E-state index in [1.807, 2.05) is 48.5 Å². The van der Waals surface area contributed by atoms with Gasteiger partial charge in [-0.3, -0.25) is 5.21 Å². The number of rotatable bonds is 5. The van der Waals surface area contributed by atoms with Crippen LogP contribution in [0.1, 0.15) is 0 Å². The molecule has 2 aromatic carbocycles. The topological polar surface area (TPSA) is 78.4 Å². The first kappa shape index (κ1) is 21.9. The van der Waals surface area contributed by atoms with Gasteiger partial charge < -0.3 is 19.3 Å². The van der Waals surface area contributed by atoms with Gasteiger partial charge in [-0.1, -0.05) is 11.3 Å². The van der Waals surface area contributed by atoms with E-state index in [-0.39, 0.29) is 6.03 Å². The van der Waals surface area contributed by atoms with E-state index < -0.39 is 0 Å². The molecule has 0 aliphatic carbocycles. The van der Waals surface area contributed by atoms with Crippen molar-refractivity contribution in [2.24, 2.45) is 0 Å². The molecule has 0 atom stereocenters. The van der Waals surface area contributed by atoms with E-state index in [0.29, 0.717) is 31.2 Å². The fourth-order valence-corrected chi connectivity index (χ4v) is 4.77. The fraction of sp³-hybridized carbons (Fsp3) is 0.304. The van der Waals surface area contributed by atoms with Crippen molar-refractivity contribution < 1.29 is 19.5 Å². The molecule has 32 heavy (non-hydrogen) atoms. The molecular weight excluding hydrogens is 428 g/mol. The third-order valence-electron chi connectivity index (χ3n) is 5.43. The highest BCUT2D eigenvalue weighted by molar-refractivity contribution is 7.19. The average Bonchev–Trinajstić information content (AvgIpc) is 3.29. The van der Waals surface area contributed by atoms with Crippen LogP contribution in [-0.4, -0.2) is 73.6 Å². The number of thiazole rings is 1. The summed E-state index contributed by atoms with van der Waals surface area (Å²) < 4.78 is 10.6. The number of carbonyl (C=O) groups excluding carboxylic acids is 1. The number of benzene rings is 2. The summed E-state index contributed by atoms with van der Waals surface area (Å²) in [5.74, 6) is 1.60. The van der Waals surface area contributed by atoms with Gasteiger partial charge >= 0.3 is 6.03 Å². The van der Waals surface area contributed by atoms with E-state index in [2.05, 4.69) is 4.90 Å². The lowest BCUT2D eigenvalue weighted by Gasteiger charge is -2.35. The molecule has 2 amide bonds. The quantitative estimate of drug-likeness (QED) is 0.463. The molecule has 1 fully saturated rings. The molecule has 0 bridgehead atoms. The molecule has 4 rings (SSSR count). The van der Waals surface area contributed by atoms with Crippen LogP contribution in [0.4, 0.5) is 9.93 Å². The van der Waals surface area contributed by atoms with Crippen LogP contribution in [0.25, 0.3) is 21.7 Å². The SMILES string of the molecule is COc1ccc(-c2nc(N3CCN(C(=O)N(C)O)CC3)sc2-c2ccc(OC)cc2)cc1. The maximum Gasteiger partial charge on any atom is 0.343 e. The van der Waals surface area contributed by atoms with Crippen LogP contribution in [-0.2, 0) is 0 Å². The molecule has 1 aliphatic heterocycles. The Labute approximate surface area is 191 Å². The van der Waals surface area contributed by atoms with Crippen molar-refractivity contribution in [1.82, 2.24) is 14.9 Å². The van der Waals surface area contributed by atoms with Gasteiger partial charge in [0.05, 0.1) is 24.8 Å². The zero-order chi connectivity index (χ0) is 22.7. The van der Waals surface area contributed by atoms with Gasteiger partial charge in [0.25, 0.3) is 0 Å². The second-order valence-electron chi connectivity index (χ2n) is 7.41. The minimum Gasteiger partial charge on any atom is -0.497 e. The molecule has 2 heterocycles. The first-order valence-electron chi connectivity index (χ1n) is 10.3. The standard InChI is InChI=1S/C23H26N4O4S/c1-25(29)23(28)27-14-12-26(13-15-27)22-24-20(16-4-8-18(30-2)9-5-16)21(32-22)17-6-10-19(31-3)11-7-17/h4-11,29H,12-15H2,1-3H3. The first-order valence-corrected chi connectivity index (χ1v) is 11.1. The molecule has 0 radical (unpaired) electrons. The molecule has 0 spiro atoms. The Morgan fingerprint density at radius 1 is 0.938 bits per heavy atom. The molecule has 1 aliphatic rings. The summed E-state index contributed by atoms with van der Waals surface area (Å²) in [5, 5.41) is 11.0. The van der Waals surface area contributed by atoms with E-state index in [4.69, 9.17) is 14.5 Å². The number of urea groups is 1. The fourth-order valence-electron chi connectivity index (χ4n) is 3.62. The predicted molar refractivity (Wildman–Crippen MR) is 125 cm³/mol. The number of hydroxylamine groups is 2. The van der Waals surface area contributed by atoms with Gasteiger partial charge in [-0.05, 0) is 54.1 Å². The molecule has 3 aromatic rings. The smallest absolute Gasteiger partial charge is 0.343 e. The number of hydrogen-bond donors (Lipinski definition) is 1. The average molecular weight is 455 g/mol. The van der Waals surface area contributed by atoms with E-state index in [9.17, 15) is 10.0 Å². The Morgan fingerprint density at radius 3 is 1.97 bits per heavy atom. The number of methoxy groups -OCH3 is 2. The van der Waals surface area contributed by atoms with Crippen molar-refractivity contribution in [3.05, 3.63) is 48.5 Å².